The molecule has 6 heteroatoms. The van der Waals surface area contributed by atoms with E-state index in [0.29, 0.717) is 29.1 Å². The molecular formula is C20H22ClN3O2. The van der Waals surface area contributed by atoms with Gasteiger partial charge in [-0.05, 0) is 49.4 Å². The highest BCUT2D eigenvalue weighted by molar-refractivity contribution is 6.30. The van der Waals surface area contributed by atoms with Gasteiger partial charge in [0.1, 0.15) is 0 Å². The van der Waals surface area contributed by atoms with Gasteiger partial charge in [-0.15, -0.1) is 0 Å². The molecule has 136 valence electrons. The molecule has 1 saturated heterocycles. The summed E-state index contributed by atoms with van der Waals surface area (Å²) >= 11 is 5.96. The number of carbonyl (C=O) groups is 2. The summed E-state index contributed by atoms with van der Waals surface area (Å²) in [5.41, 5.74) is 1.93. The van der Waals surface area contributed by atoms with E-state index in [1.165, 1.54) is 12.4 Å². The van der Waals surface area contributed by atoms with Gasteiger partial charge in [0.2, 0.25) is 0 Å². The molecule has 2 amide bonds. The lowest BCUT2D eigenvalue weighted by molar-refractivity contribution is 0.0724. The molecule has 0 atom stereocenters. The molecule has 0 radical (unpaired) electrons. The summed E-state index contributed by atoms with van der Waals surface area (Å²) in [5, 5.41) is 3.55. The summed E-state index contributed by atoms with van der Waals surface area (Å²) in [7, 11) is 0. The van der Waals surface area contributed by atoms with Crippen LogP contribution in [-0.2, 0) is 6.42 Å². The van der Waals surface area contributed by atoms with Crippen LogP contribution >= 0.6 is 11.6 Å². The number of likely N-dealkylation sites (tertiary alicyclic amines) is 1. The Labute approximate surface area is 158 Å². The number of aromatic nitrogens is 1. The topological polar surface area (TPSA) is 62.3 Å². The molecule has 1 aliphatic heterocycles. The molecule has 5 nitrogen and oxygen atoms in total. The fraction of sp³-hybridized carbons (Fsp3) is 0.350. The van der Waals surface area contributed by atoms with Crippen molar-refractivity contribution in [2.24, 2.45) is 0 Å². The van der Waals surface area contributed by atoms with Crippen molar-refractivity contribution in [2.45, 2.75) is 25.7 Å². The molecule has 26 heavy (non-hydrogen) atoms. The van der Waals surface area contributed by atoms with Gasteiger partial charge in [-0.2, -0.15) is 0 Å². The van der Waals surface area contributed by atoms with Crippen LogP contribution in [0.3, 0.4) is 0 Å². The maximum atomic E-state index is 12.5. The Morgan fingerprint density at radius 2 is 1.85 bits per heavy atom. The smallest absolute Gasteiger partial charge is 0.255 e. The molecule has 0 unspecified atom stereocenters. The fourth-order valence-corrected chi connectivity index (χ4v) is 3.29. The van der Waals surface area contributed by atoms with Crippen molar-refractivity contribution in [3.05, 3.63) is 64.4 Å². The van der Waals surface area contributed by atoms with Crippen LogP contribution in [0, 0.1) is 0 Å². The Kier molecular flexibility index (Phi) is 6.23. The average molecular weight is 372 g/mol. The van der Waals surface area contributed by atoms with Crippen molar-refractivity contribution < 1.29 is 9.59 Å². The number of carbonyl (C=O) groups excluding carboxylic acids is 2. The SMILES string of the molecule is O=C(NCCc1cccc(Cl)c1)c1cncc(C(=O)N2CCCCC2)c1. The second-order valence-corrected chi connectivity index (χ2v) is 6.89. The van der Waals surface area contributed by atoms with Gasteiger partial charge >= 0.3 is 0 Å². The number of piperidine rings is 1. The molecule has 0 spiro atoms. The maximum absolute atomic E-state index is 12.5. The third kappa shape index (κ3) is 4.82. The zero-order chi connectivity index (χ0) is 18.4. The van der Waals surface area contributed by atoms with Crippen LogP contribution in [0.1, 0.15) is 45.5 Å². The Morgan fingerprint density at radius 3 is 2.62 bits per heavy atom. The molecular weight excluding hydrogens is 350 g/mol. The van der Waals surface area contributed by atoms with E-state index in [0.717, 1.165) is 37.9 Å². The molecule has 0 bridgehead atoms. The second-order valence-electron chi connectivity index (χ2n) is 6.45. The van der Waals surface area contributed by atoms with Crippen LogP contribution in [0.4, 0.5) is 0 Å². The van der Waals surface area contributed by atoms with Crippen molar-refractivity contribution in [1.82, 2.24) is 15.2 Å². The van der Waals surface area contributed by atoms with Crippen molar-refractivity contribution in [3.8, 4) is 0 Å². The Balaban J connectivity index is 1.58. The van der Waals surface area contributed by atoms with Gasteiger partial charge in [-0.1, -0.05) is 23.7 Å². The van der Waals surface area contributed by atoms with E-state index in [1.807, 2.05) is 29.2 Å². The molecule has 1 fully saturated rings. The Morgan fingerprint density at radius 1 is 1.08 bits per heavy atom. The number of halogens is 1. The summed E-state index contributed by atoms with van der Waals surface area (Å²) in [4.78, 5) is 30.8. The first kappa shape index (κ1) is 18.4. The highest BCUT2D eigenvalue weighted by Crippen LogP contribution is 2.14. The van der Waals surface area contributed by atoms with Crippen LogP contribution in [-0.4, -0.2) is 41.3 Å². The molecule has 1 aromatic heterocycles. The number of pyridine rings is 1. The van der Waals surface area contributed by atoms with E-state index in [1.54, 1.807) is 6.07 Å². The van der Waals surface area contributed by atoms with Crippen LogP contribution in [0.5, 0.6) is 0 Å². The minimum absolute atomic E-state index is 0.0502. The van der Waals surface area contributed by atoms with Crippen molar-refractivity contribution in [1.29, 1.82) is 0 Å². The zero-order valence-electron chi connectivity index (χ0n) is 14.6. The zero-order valence-corrected chi connectivity index (χ0v) is 15.3. The van der Waals surface area contributed by atoms with E-state index < -0.39 is 0 Å². The van der Waals surface area contributed by atoms with Gasteiger partial charge in [0.15, 0.2) is 0 Å². The average Bonchev–Trinajstić information content (AvgIpc) is 2.68. The quantitative estimate of drug-likeness (QED) is 0.876. The van der Waals surface area contributed by atoms with Crippen LogP contribution in [0.15, 0.2) is 42.7 Å². The van der Waals surface area contributed by atoms with E-state index in [9.17, 15) is 9.59 Å². The maximum Gasteiger partial charge on any atom is 0.255 e. The summed E-state index contributed by atoms with van der Waals surface area (Å²) in [6, 6.07) is 9.18. The third-order valence-electron chi connectivity index (χ3n) is 4.48. The van der Waals surface area contributed by atoms with Crippen molar-refractivity contribution in [3.63, 3.8) is 0 Å². The molecule has 2 aromatic rings. The lowest BCUT2D eigenvalue weighted by Crippen LogP contribution is -2.35. The standard InChI is InChI=1S/C20H22ClN3O2/c21-18-6-4-5-15(11-18)7-8-23-19(25)16-12-17(14-22-13-16)20(26)24-9-2-1-3-10-24/h4-6,11-14H,1-3,7-10H2,(H,23,25). The number of hydrogen-bond acceptors (Lipinski definition) is 3. The first-order valence-electron chi connectivity index (χ1n) is 8.90. The number of amides is 2. The molecule has 2 heterocycles. The van der Waals surface area contributed by atoms with Gasteiger partial charge in [0.05, 0.1) is 11.1 Å². The molecule has 1 aromatic carbocycles. The minimum atomic E-state index is -0.229. The molecule has 1 N–H and O–H groups in total. The van der Waals surface area contributed by atoms with Crippen molar-refractivity contribution in [2.75, 3.05) is 19.6 Å². The first-order valence-corrected chi connectivity index (χ1v) is 9.28. The van der Waals surface area contributed by atoms with Gasteiger partial charge in [0.25, 0.3) is 11.8 Å². The number of rotatable bonds is 5. The number of nitrogens with one attached hydrogen (secondary N) is 1. The van der Waals surface area contributed by atoms with Crippen LogP contribution < -0.4 is 5.32 Å². The van der Waals surface area contributed by atoms with Gasteiger partial charge in [-0.3, -0.25) is 14.6 Å². The van der Waals surface area contributed by atoms with E-state index in [2.05, 4.69) is 10.3 Å². The second kappa shape index (κ2) is 8.81. The predicted molar refractivity (Wildman–Crippen MR) is 101 cm³/mol. The number of hydrogen-bond donors (Lipinski definition) is 1. The van der Waals surface area contributed by atoms with Gasteiger partial charge < -0.3 is 10.2 Å². The summed E-state index contributed by atoms with van der Waals surface area (Å²) in [6.45, 7) is 2.03. The largest absolute Gasteiger partial charge is 0.352 e. The Bertz CT molecular complexity index is 788. The van der Waals surface area contributed by atoms with Gasteiger partial charge in [0, 0.05) is 37.1 Å². The van der Waals surface area contributed by atoms with Crippen molar-refractivity contribution >= 4 is 23.4 Å². The lowest BCUT2D eigenvalue weighted by Gasteiger charge is -2.26. The number of benzene rings is 1. The summed E-state index contributed by atoms with van der Waals surface area (Å²) in [5.74, 6) is -0.279. The minimum Gasteiger partial charge on any atom is -0.352 e. The summed E-state index contributed by atoms with van der Waals surface area (Å²) < 4.78 is 0. The molecule has 0 saturated carbocycles. The molecule has 0 aliphatic carbocycles. The van der Waals surface area contributed by atoms with Gasteiger partial charge in [-0.25, -0.2) is 0 Å². The predicted octanol–water partition coefficient (Wildman–Crippen LogP) is 3.33. The van der Waals surface area contributed by atoms with Crippen LogP contribution in [0.25, 0.3) is 0 Å². The lowest BCUT2D eigenvalue weighted by atomic mass is 10.1. The number of nitrogens with zero attached hydrogens (tertiary/aromatic N) is 2. The van der Waals surface area contributed by atoms with Crippen LogP contribution in [0.2, 0.25) is 5.02 Å². The van der Waals surface area contributed by atoms with E-state index in [-0.39, 0.29) is 11.8 Å². The van der Waals surface area contributed by atoms with E-state index in [4.69, 9.17) is 11.6 Å². The summed E-state index contributed by atoms with van der Waals surface area (Å²) in [6.07, 6.45) is 6.93. The third-order valence-corrected chi connectivity index (χ3v) is 4.71. The normalized spacial score (nSPS) is 14.1. The molecule has 3 rings (SSSR count). The monoisotopic (exact) mass is 371 g/mol. The Hall–Kier alpha value is -2.40. The highest BCUT2D eigenvalue weighted by Gasteiger charge is 2.19. The highest BCUT2D eigenvalue weighted by atomic mass is 35.5. The van der Waals surface area contributed by atoms with E-state index >= 15 is 0 Å². The fourth-order valence-electron chi connectivity index (χ4n) is 3.08. The molecule has 1 aliphatic rings. The first-order chi connectivity index (χ1) is 12.6.